The maximum Gasteiger partial charge on any atom is 0.330 e. The second-order valence-electron chi connectivity index (χ2n) is 5.11. The largest absolute Gasteiger partial charge is 0.389 e. The Balaban J connectivity index is 1.73. The van der Waals surface area contributed by atoms with Crippen LogP contribution in [0.2, 0.25) is 0 Å². The average Bonchev–Trinajstić information content (AvgIpc) is 3.08. The molecule has 2 unspecified atom stereocenters. The Kier molecular flexibility index (Phi) is 1.89. The number of aromatic nitrogens is 2. The van der Waals surface area contributed by atoms with Gasteiger partial charge in [-0.1, -0.05) is 0 Å². The Hall–Kier alpha value is -1.21. The standard InChI is InChI=1S/C10H11N2O6P/c1-4-3-12(9(15)11-7(4)14)6-2-5(13)10(17-6)8-18-19(8,10)16/h3,5-6,8,13H,2H2,1H3,(H,11,14,15)/t5-,6+,8?,10+,19?/m0/s1. The summed E-state index contributed by atoms with van der Waals surface area (Å²) in [5.41, 5.74) is -0.708. The molecule has 0 radical (unpaired) electrons. The normalized spacial score (nSPS) is 46.3. The second kappa shape index (κ2) is 3.09. The summed E-state index contributed by atoms with van der Waals surface area (Å²) in [5, 5.41) is 8.86. The van der Waals surface area contributed by atoms with Crippen LogP contribution >= 0.6 is 7.37 Å². The van der Waals surface area contributed by atoms with E-state index in [0.29, 0.717) is 5.56 Å². The SMILES string of the molecule is Cc1cn([C@H]2C[C@H](O)[C@]3(O2)C2OP23=O)c(=O)[nH]c1=O. The van der Waals surface area contributed by atoms with Crippen LogP contribution < -0.4 is 11.2 Å². The van der Waals surface area contributed by atoms with Gasteiger partial charge >= 0.3 is 5.69 Å². The van der Waals surface area contributed by atoms with E-state index >= 15 is 0 Å². The maximum atomic E-state index is 11.9. The van der Waals surface area contributed by atoms with Crippen molar-refractivity contribution in [2.75, 3.05) is 0 Å². The number of hydrogen-bond acceptors (Lipinski definition) is 6. The van der Waals surface area contributed by atoms with Crippen molar-refractivity contribution in [1.29, 1.82) is 0 Å². The van der Waals surface area contributed by atoms with Gasteiger partial charge in [-0.25, -0.2) is 4.79 Å². The Labute approximate surface area is 106 Å². The molecule has 3 aliphatic rings. The molecule has 4 heterocycles. The molecule has 102 valence electrons. The molecule has 8 nitrogen and oxygen atoms in total. The fourth-order valence-corrected chi connectivity index (χ4v) is 5.45. The summed E-state index contributed by atoms with van der Waals surface area (Å²) in [5.74, 6) is -0.514. The third-order valence-corrected chi connectivity index (χ3v) is 6.73. The third kappa shape index (κ3) is 1.18. The highest BCUT2D eigenvalue weighted by Gasteiger charge is 2.98. The molecule has 3 fully saturated rings. The number of H-pyrrole nitrogens is 1. The minimum absolute atomic E-state index is 0.148. The van der Waals surface area contributed by atoms with Gasteiger partial charge < -0.3 is 14.4 Å². The summed E-state index contributed by atoms with van der Waals surface area (Å²) >= 11 is 0. The number of aliphatic hydroxyl groups is 1. The summed E-state index contributed by atoms with van der Waals surface area (Å²) in [6.45, 7) is 1.57. The summed E-state index contributed by atoms with van der Waals surface area (Å²) in [4.78, 5) is 25.2. The van der Waals surface area contributed by atoms with E-state index < -0.39 is 42.1 Å². The van der Waals surface area contributed by atoms with E-state index in [-0.39, 0.29) is 6.42 Å². The highest BCUT2D eigenvalue weighted by molar-refractivity contribution is 7.76. The molecule has 3 aliphatic heterocycles. The van der Waals surface area contributed by atoms with Gasteiger partial charge in [-0.15, -0.1) is 0 Å². The van der Waals surface area contributed by atoms with Crippen molar-refractivity contribution < 1.29 is 18.9 Å². The first-order valence-corrected chi connectivity index (χ1v) is 7.56. The Morgan fingerprint density at radius 1 is 1.58 bits per heavy atom. The molecule has 1 aromatic rings. The van der Waals surface area contributed by atoms with Crippen LogP contribution in [0.3, 0.4) is 0 Å². The Morgan fingerprint density at radius 2 is 2.26 bits per heavy atom. The van der Waals surface area contributed by atoms with Crippen molar-refractivity contribution in [3.8, 4) is 0 Å². The van der Waals surface area contributed by atoms with Gasteiger partial charge in [-0.3, -0.25) is 18.9 Å². The van der Waals surface area contributed by atoms with Crippen molar-refractivity contribution >= 4 is 7.37 Å². The van der Waals surface area contributed by atoms with Gasteiger partial charge in [0, 0.05) is 18.2 Å². The highest BCUT2D eigenvalue weighted by Crippen LogP contribution is 3.01. The van der Waals surface area contributed by atoms with E-state index in [9.17, 15) is 19.3 Å². The Bertz CT molecular complexity index is 753. The molecule has 0 saturated carbocycles. The predicted molar refractivity (Wildman–Crippen MR) is 62.0 cm³/mol. The van der Waals surface area contributed by atoms with Crippen LogP contribution in [0.25, 0.3) is 0 Å². The lowest BCUT2D eigenvalue weighted by molar-refractivity contribution is -0.0605. The molecule has 0 amide bonds. The quantitative estimate of drug-likeness (QED) is 0.530. The topological polar surface area (TPSA) is 114 Å². The van der Waals surface area contributed by atoms with Crippen molar-refractivity contribution in [2.45, 2.75) is 36.9 Å². The van der Waals surface area contributed by atoms with Crippen molar-refractivity contribution in [3.63, 3.8) is 0 Å². The minimum atomic E-state index is -2.81. The zero-order valence-corrected chi connectivity index (χ0v) is 10.8. The Morgan fingerprint density at radius 3 is 2.79 bits per heavy atom. The van der Waals surface area contributed by atoms with E-state index in [2.05, 4.69) is 4.98 Å². The molecule has 3 saturated heterocycles. The zero-order valence-electron chi connectivity index (χ0n) is 9.90. The molecule has 2 N–H and O–H groups in total. The first-order valence-electron chi connectivity index (χ1n) is 5.86. The second-order valence-corrected chi connectivity index (χ2v) is 7.68. The molecule has 1 spiro atoms. The molecular weight excluding hydrogens is 275 g/mol. The van der Waals surface area contributed by atoms with Gasteiger partial charge in [0.05, 0.1) is 0 Å². The molecule has 19 heavy (non-hydrogen) atoms. The smallest absolute Gasteiger partial charge is 0.330 e. The maximum absolute atomic E-state index is 11.9. The number of aromatic amines is 1. The molecule has 1 aromatic heterocycles. The van der Waals surface area contributed by atoms with Gasteiger partial charge in [0.25, 0.3) is 12.9 Å². The number of ether oxygens (including phenoxy) is 1. The van der Waals surface area contributed by atoms with Crippen LogP contribution in [0.1, 0.15) is 18.2 Å². The molecule has 0 aromatic carbocycles. The van der Waals surface area contributed by atoms with Gasteiger partial charge in [-0.2, -0.15) is 0 Å². The summed E-state index contributed by atoms with van der Waals surface area (Å²) in [7, 11) is -2.81. The molecule has 4 rings (SSSR count). The first-order chi connectivity index (χ1) is 8.90. The van der Waals surface area contributed by atoms with Gasteiger partial charge in [0.1, 0.15) is 12.3 Å². The van der Waals surface area contributed by atoms with Gasteiger partial charge in [-0.05, 0) is 6.92 Å². The summed E-state index contributed by atoms with van der Waals surface area (Å²) in [6.07, 6.45) is -0.126. The molecule has 0 aliphatic carbocycles. The monoisotopic (exact) mass is 286 g/mol. The minimum Gasteiger partial charge on any atom is -0.389 e. The predicted octanol–water partition coefficient (Wildman–Crippen LogP) is -0.531. The summed E-state index contributed by atoms with van der Waals surface area (Å²) in [6, 6.07) is 0. The van der Waals surface area contributed by atoms with Crippen LogP contribution in [-0.2, 0) is 13.8 Å². The average molecular weight is 286 g/mol. The van der Waals surface area contributed by atoms with Crippen LogP contribution in [0.4, 0.5) is 0 Å². The highest BCUT2D eigenvalue weighted by atomic mass is 31.2. The number of fused-ring (bicyclic) bond motifs is 3. The van der Waals surface area contributed by atoms with E-state index in [1.807, 2.05) is 0 Å². The van der Waals surface area contributed by atoms with Crippen molar-refractivity contribution in [1.82, 2.24) is 9.55 Å². The molecule has 9 heteroatoms. The van der Waals surface area contributed by atoms with E-state index in [0.717, 1.165) is 0 Å². The van der Waals surface area contributed by atoms with Crippen LogP contribution in [0.5, 0.6) is 0 Å². The number of hydrogen-bond donors (Lipinski definition) is 2. The number of rotatable bonds is 1. The number of nitrogens with zero attached hydrogens (tertiary/aromatic N) is 1. The van der Waals surface area contributed by atoms with E-state index in [1.165, 1.54) is 10.8 Å². The van der Waals surface area contributed by atoms with Crippen molar-refractivity contribution in [3.05, 3.63) is 32.6 Å². The first kappa shape index (κ1) is 11.6. The lowest BCUT2D eigenvalue weighted by atomic mass is 10.2. The van der Waals surface area contributed by atoms with E-state index in [4.69, 9.17) is 9.26 Å². The number of aryl methyl sites for hydroxylation is 1. The van der Waals surface area contributed by atoms with E-state index in [1.54, 1.807) is 6.92 Å². The molecule has 0 bridgehead atoms. The number of nitrogens with one attached hydrogen (secondary N) is 1. The lowest BCUT2D eigenvalue weighted by Crippen LogP contribution is -2.34. The fourth-order valence-electron chi connectivity index (χ4n) is 2.75. The van der Waals surface area contributed by atoms with Crippen molar-refractivity contribution in [2.24, 2.45) is 0 Å². The van der Waals surface area contributed by atoms with Gasteiger partial charge in [0.2, 0.25) is 5.34 Å². The van der Waals surface area contributed by atoms with Gasteiger partial charge in [0.15, 0.2) is 5.85 Å². The lowest BCUT2D eigenvalue weighted by Gasteiger charge is -2.17. The van der Waals surface area contributed by atoms with Crippen LogP contribution in [0.15, 0.2) is 15.8 Å². The number of aliphatic hydroxyl groups excluding tert-OH is 1. The third-order valence-electron chi connectivity index (χ3n) is 3.98. The van der Waals surface area contributed by atoms with Crippen LogP contribution in [-0.4, -0.2) is 31.9 Å². The summed E-state index contributed by atoms with van der Waals surface area (Å²) < 4.78 is 23.6. The zero-order chi connectivity index (χ0) is 13.6. The molecular formula is C10H11N2O6P. The van der Waals surface area contributed by atoms with Crippen LogP contribution in [0, 0.1) is 6.92 Å². The molecule has 5 atom stereocenters. The fraction of sp³-hybridized carbons (Fsp3) is 0.600.